The van der Waals surface area contributed by atoms with Gasteiger partial charge in [0.25, 0.3) is 0 Å². The van der Waals surface area contributed by atoms with E-state index >= 15 is 0 Å². The van der Waals surface area contributed by atoms with Crippen molar-refractivity contribution < 1.29 is 27.4 Å². The van der Waals surface area contributed by atoms with E-state index in [1.165, 1.54) is 0 Å². The van der Waals surface area contributed by atoms with Gasteiger partial charge in [-0.25, -0.2) is 4.79 Å². The molecule has 1 aliphatic rings. The van der Waals surface area contributed by atoms with Gasteiger partial charge in [0, 0.05) is 6.04 Å². The Morgan fingerprint density at radius 3 is 2.18 bits per heavy atom. The van der Waals surface area contributed by atoms with Crippen LogP contribution >= 0.6 is 0 Å². The minimum Gasteiger partial charge on any atom is -0.444 e. The molecule has 0 aromatic rings. The fraction of sp³-hybridized carbons (Fsp3) is 0.900. The minimum absolute atomic E-state index is 0.152. The molecule has 100 valence electrons. The summed E-state index contributed by atoms with van der Waals surface area (Å²) in [5, 5.41) is 2.48. The fourth-order valence-electron chi connectivity index (χ4n) is 1.44. The van der Waals surface area contributed by atoms with Gasteiger partial charge in [0.15, 0.2) is 0 Å². The number of ether oxygens (including phenoxy) is 2. The van der Waals surface area contributed by atoms with Crippen LogP contribution in [0.15, 0.2) is 0 Å². The predicted octanol–water partition coefficient (Wildman–Crippen LogP) is 2.58. The predicted molar refractivity (Wildman–Crippen MR) is 53.3 cm³/mol. The van der Waals surface area contributed by atoms with E-state index in [4.69, 9.17) is 4.74 Å². The molecule has 1 saturated carbocycles. The van der Waals surface area contributed by atoms with E-state index in [-0.39, 0.29) is 18.9 Å². The molecule has 0 aromatic heterocycles. The molecule has 4 nitrogen and oxygen atoms in total. The van der Waals surface area contributed by atoms with Crippen LogP contribution in [0.25, 0.3) is 0 Å². The maximum atomic E-state index is 11.8. The maximum absolute atomic E-state index is 11.8. The SMILES string of the molecule is CC(C)(C)OC(=O)N[C@H]1C[C@@H](OC(F)(F)F)C1. The summed E-state index contributed by atoms with van der Waals surface area (Å²) in [6, 6.07) is -0.308. The first-order valence-electron chi connectivity index (χ1n) is 5.29. The molecule has 17 heavy (non-hydrogen) atoms. The van der Waals surface area contributed by atoms with E-state index in [9.17, 15) is 18.0 Å². The average molecular weight is 255 g/mol. The highest BCUT2D eigenvalue weighted by Gasteiger charge is 2.40. The molecule has 0 spiro atoms. The van der Waals surface area contributed by atoms with Crippen molar-refractivity contribution >= 4 is 6.09 Å². The number of carbonyl (C=O) groups is 1. The standard InChI is InChI=1S/C10H16F3NO3/c1-9(2,3)17-8(15)14-6-4-7(5-6)16-10(11,12)13/h6-7H,4-5H2,1-3H3,(H,14,15)/t6-,7+. The average Bonchev–Trinajstić information content (AvgIpc) is 1.93. The van der Waals surface area contributed by atoms with Crippen LogP contribution in [-0.4, -0.2) is 30.2 Å². The Morgan fingerprint density at radius 2 is 1.76 bits per heavy atom. The zero-order chi connectivity index (χ0) is 13.3. The molecule has 1 aliphatic carbocycles. The lowest BCUT2D eigenvalue weighted by Gasteiger charge is -2.35. The summed E-state index contributed by atoms with van der Waals surface area (Å²) in [5.41, 5.74) is -0.615. The van der Waals surface area contributed by atoms with E-state index in [1.807, 2.05) is 0 Å². The summed E-state index contributed by atoms with van der Waals surface area (Å²) >= 11 is 0. The third kappa shape index (κ3) is 5.76. The van der Waals surface area contributed by atoms with Gasteiger partial charge in [-0.3, -0.25) is 4.74 Å². The van der Waals surface area contributed by atoms with Crippen LogP contribution in [0.4, 0.5) is 18.0 Å². The third-order valence-electron chi connectivity index (χ3n) is 2.12. The van der Waals surface area contributed by atoms with Crippen LogP contribution in [0.5, 0.6) is 0 Å². The summed E-state index contributed by atoms with van der Waals surface area (Å²) < 4.78 is 44.2. The number of alkyl carbamates (subject to hydrolysis) is 1. The Kier molecular flexibility index (Phi) is 3.91. The number of nitrogens with one attached hydrogen (secondary N) is 1. The topological polar surface area (TPSA) is 47.6 Å². The van der Waals surface area contributed by atoms with Crippen molar-refractivity contribution in [2.24, 2.45) is 0 Å². The van der Waals surface area contributed by atoms with Gasteiger partial charge in [-0.2, -0.15) is 0 Å². The Bertz CT molecular complexity index is 280. The first-order valence-corrected chi connectivity index (χ1v) is 5.29. The molecule has 0 atom stereocenters. The second-order valence-electron chi connectivity index (χ2n) is 5.00. The largest absolute Gasteiger partial charge is 0.522 e. The Balaban J connectivity index is 2.19. The molecule has 1 N–H and O–H groups in total. The quantitative estimate of drug-likeness (QED) is 0.825. The normalized spacial score (nSPS) is 25.1. The lowest BCUT2D eigenvalue weighted by atomic mass is 9.89. The number of hydrogen-bond donors (Lipinski definition) is 1. The number of carbonyl (C=O) groups excluding carboxylic acids is 1. The number of hydrogen-bond acceptors (Lipinski definition) is 3. The summed E-state index contributed by atoms with van der Waals surface area (Å²) in [6.45, 7) is 5.13. The number of halogens is 3. The number of rotatable bonds is 2. The second kappa shape index (κ2) is 4.72. The minimum atomic E-state index is -4.61. The first-order chi connectivity index (χ1) is 7.55. The monoisotopic (exact) mass is 255 g/mol. The number of amides is 1. The van der Waals surface area contributed by atoms with Crippen LogP contribution in [0.3, 0.4) is 0 Å². The van der Waals surface area contributed by atoms with Gasteiger partial charge in [-0.15, -0.1) is 13.2 Å². The van der Waals surface area contributed by atoms with E-state index in [0.29, 0.717) is 0 Å². The van der Waals surface area contributed by atoms with Crippen LogP contribution < -0.4 is 5.32 Å². The zero-order valence-corrected chi connectivity index (χ0v) is 9.93. The highest BCUT2D eigenvalue weighted by atomic mass is 19.4. The molecule has 7 heteroatoms. The summed E-state index contributed by atoms with van der Waals surface area (Å²) in [4.78, 5) is 11.3. The van der Waals surface area contributed by atoms with Crippen LogP contribution in [0.2, 0.25) is 0 Å². The highest BCUT2D eigenvalue weighted by Crippen LogP contribution is 2.30. The smallest absolute Gasteiger partial charge is 0.444 e. The van der Waals surface area contributed by atoms with Gasteiger partial charge in [0.05, 0.1) is 6.10 Å². The van der Waals surface area contributed by atoms with Crippen molar-refractivity contribution in [2.45, 2.75) is 57.7 Å². The zero-order valence-electron chi connectivity index (χ0n) is 9.93. The van der Waals surface area contributed by atoms with E-state index < -0.39 is 24.2 Å². The molecule has 0 aromatic carbocycles. The molecule has 1 rings (SSSR count). The van der Waals surface area contributed by atoms with E-state index in [0.717, 1.165) is 0 Å². The molecule has 0 bridgehead atoms. The lowest BCUT2D eigenvalue weighted by Crippen LogP contribution is -2.50. The molecular formula is C10H16F3NO3. The van der Waals surface area contributed by atoms with Crippen molar-refractivity contribution in [1.29, 1.82) is 0 Å². The Morgan fingerprint density at radius 1 is 1.24 bits per heavy atom. The summed E-state index contributed by atoms with van der Waals surface area (Å²) in [5.74, 6) is 0. The highest BCUT2D eigenvalue weighted by molar-refractivity contribution is 5.68. The Labute approximate surface area is 97.5 Å². The van der Waals surface area contributed by atoms with Gasteiger partial charge in [-0.05, 0) is 33.6 Å². The Hall–Kier alpha value is -0.980. The molecule has 0 radical (unpaired) electrons. The summed E-state index contributed by atoms with van der Waals surface area (Å²) in [7, 11) is 0. The van der Waals surface area contributed by atoms with Gasteiger partial charge in [-0.1, -0.05) is 0 Å². The van der Waals surface area contributed by atoms with E-state index in [2.05, 4.69) is 10.1 Å². The molecule has 0 unspecified atom stereocenters. The van der Waals surface area contributed by atoms with Gasteiger partial charge in [0.1, 0.15) is 5.60 Å². The van der Waals surface area contributed by atoms with Crippen molar-refractivity contribution in [2.75, 3.05) is 0 Å². The molecular weight excluding hydrogens is 239 g/mol. The van der Waals surface area contributed by atoms with Gasteiger partial charge < -0.3 is 10.1 Å². The van der Waals surface area contributed by atoms with Gasteiger partial charge >= 0.3 is 12.5 Å². The molecule has 1 fully saturated rings. The number of alkyl halides is 3. The van der Waals surface area contributed by atoms with Crippen molar-refractivity contribution in [3.8, 4) is 0 Å². The third-order valence-corrected chi connectivity index (χ3v) is 2.12. The van der Waals surface area contributed by atoms with Crippen LogP contribution in [0.1, 0.15) is 33.6 Å². The molecule has 0 heterocycles. The van der Waals surface area contributed by atoms with Crippen LogP contribution in [-0.2, 0) is 9.47 Å². The lowest BCUT2D eigenvalue weighted by molar-refractivity contribution is -0.351. The fourth-order valence-corrected chi connectivity index (χ4v) is 1.44. The van der Waals surface area contributed by atoms with Crippen molar-refractivity contribution in [3.63, 3.8) is 0 Å². The van der Waals surface area contributed by atoms with Crippen LogP contribution in [0, 0.1) is 0 Å². The summed E-state index contributed by atoms with van der Waals surface area (Å²) in [6.07, 6.45) is -5.79. The molecule has 1 amide bonds. The first kappa shape index (κ1) is 14.1. The second-order valence-corrected chi connectivity index (χ2v) is 5.00. The molecule has 0 saturated heterocycles. The van der Waals surface area contributed by atoms with E-state index in [1.54, 1.807) is 20.8 Å². The van der Waals surface area contributed by atoms with Gasteiger partial charge in [0.2, 0.25) is 0 Å². The molecule has 0 aliphatic heterocycles. The maximum Gasteiger partial charge on any atom is 0.522 e. The van der Waals surface area contributed by atoms with Crippen molar-refractivity contribution in [3.05, 3.63) is 0 Å². The van der Waals surface area contributed by atoms with Crippen molar-refractivity contribution in [1.82, 2.24) is 5.32 Å².